The van der Waals surface area contributed by atoms with Crippen molar-refractivity contribution in [2.75, 3.05) is 11.9 Å². The number of benzene rings is 2. The second kappa shape index (κ2) is 7.80. The number of esters is 1. The summed E-state index contributed by atoms with van der Waals surface area (Å²) < 4.78 is 19.5. The Balaban J connectivity index is 1.62. The number of nitro groups is 1. The van der Waals surface area contributed by atoms with Crippen LogP contribution < -0.4 is 5.32 Å². The minimum absolute atomic E-state index is 0.136. The van der Waals surface area contributed by atoms with E-state index in [0.29, 0.717) is 20.2 Å². The fourth-order valence-electron chi connectivity index (χ4n) is 2.23. The number of hydrogen-bond donors (Lipinski definition) is 1. The highest BCUT2D eigenvalue weighted by Crippen LogP contribution is 2.29. The Morgan fingerprint density at radius 1 is 1.26 bits per heavy atom. The van der Waals surface area contributed by atoms with Gasteiger partial charge < -0.3 is 10.1 Å². The van der Waals surface area contributed by atoms with Gasteiger partial charge in [-0.15, -0.1) is 11.3 Å². The molecular formula is C17H10BrFN2O5S. The van der Waals surface area contributed by atoms with E-state index in [-0.39, 0.29) is 10.6 Å². The quantitative estimate of drug-likeness (QED) is 0.348. The molecule has 0 atom stereocenters. The molecule has 10 heteroatoms. The number of fused-ring (bicyclic) bond motifs is 1. The van der Waals surface area contributed by atoms with E-state index in [1.165, 1.54) is 30.3 Å². The summed E-state index contributed by atoms with van der Waals surface area (Å²) in [6, 6.07) is 9.72. The van der Waals surface area contributed by atoms with Crippen molar-refractivity contribution in [2.24, 2.45) is 0 Å². The van der Waals surface area contributed by atoms with Crippen molar-refractivity contribution < 1.29 is 23.6 Å². The van der Waals surface area contributed by atoms with Gasteiger partial charge in [-0.1, -0.05) is 6.07 Å². The first-order valence-corrected chi connectivity index (χ1v) is 9.05. The van der Waals surface area contributed by atoms with Gasteiger partial charge in [0.1, 0.15) is 10.7 Å². The minimum Gasteiger partial charge on any atom is -0.451 e. The van der Waals surface area contributed by atoms with E-state index in [2.05, 4.69) is 21.2 Å². The Labute approximate surface area is 164 Å². The maximum absolute atomic E-state index is 13.7. The van der Waals surface area contributed by atoms with Crippen molar-refractivity contribution in [2.45, 2.75) is 0 Å². The number of anilines is 1. The average Bonchev–Trinajstić information content (AvgIpc) is 3.07. The van der Waals surface area contributed by atoms with Gasteiger partial charge in [-0.3, -0.25) is 14.9 Å². The number of non-ortho nitro benzene ring substituents is 1. The second-order valence-corrected chi connectivity index (χ2v) is 7.25. The molecule has 0 bridgehead atoms. The molecule has 0 radical (unpaired) electrons. The van der Waals surface area contributed by atoms with Gasteiger partial charge in [0.25, 0.3) is 11.6 Å². The Kier molecular flexibility index (Phi) is 5.47. The summed E-state index contributed by atoms with van der Waals surface area (Å²) in [6.45, 7) is -0.557. The van der Waals surface area contributed by atoms with E-state index in [9.17, 15) is 24.1 Å². The van der Waals surface area contributed by atoms with Crippen molar-refractivity contribution in [3.63, 3.8) is 0 Å². The van der Waals surface area contributed by atoms with Crippen molar-refractivity contribution in [1.82, 2.24) is 0 Å². The molecule has 138 valence electrons. The number of rotatable bonds is 5. The molecule has 3 aromatic rings. The summed E-state index contributed by atoms with van der Waals surface area (Å²) in [5, 5.41) is 13.5. The SMILES string of the molecule is O=C(COC(=O)c1cc2c(F)cccc2s1)Nc1ccc([N+](=O)[O-])cc1Br. The van der Waals surface area contributed by atoms with E-state index >= 15 is 0 Å². The highest BCUT2D eigenvalue weighted by molar-refractivity contribution is 9.10. The monoisotopic (exact) mass is 452 g/mol. The molecule has 0 aliphatic carbocycles. The fourth-order valence-corrected chi connectivity index (χ4v) is 3.67. The Morgan fingerprint density at radius 3 is 2.70 bits per heavy atom. The molecule has 0 unspecified atom stereocenters. The predicted octanol–water partition coefficient (Wildman–Crippen LogP) is 4.51. The first kappa shape index (κ1) is 18.9. The van der Waals surface area contributed by atoms with Crippen LogP contribution in [0, 0.1) is 15.9 Å². The van der Waals surface area contributed by atoms with Gasteiger partial charge in [-0.25, -0.2) is 9.18 Å². The van der Waals surface area contributed by atoms with Crippen LogP contribution in [0.1, 0.15) is 9.67 Å². The zero-order valence-corrected chi connectivity index (χ0v) is 15.8. The van der Waals surface area contributed by atoms with Crippen molar-refractivity contribution >= 4 is 60.6 Å². The third-order valence-electron chi connectivity index (χ3n) is 3.48. The first-order chi connectivity index (χ1) is 12.8. The van der Waals surface area contributed by atoms with Gasteiger partial charge >= 0.3 is 5.97 Å². The Hall–Kier alpha value is -2.85. The van der Waals surface area contributed by atoms with Crippen LogP contribution in [0.3, 0.4) is 0 Å². The number of halogens is 2. The summed E-state index contributed by atoms with van der Waals surface area (Å²) in [5.41, 5.74) is 0.161. The van der Waals surface area contributed by atoms with E-state index in [1.54, 1.807) is 12.1 Å². The summed E-state index contributed by atoms with van der Waals surface area (Å²) in [4.78, 5) is 34.3. The molecule has 0 fully saturated rings. The van der Waals surface area contributed by atoms with Gasteiger partial charge in [-0.05, 0) is 40.2 Å². The Bertz CT molecular complexity index is 1070. The third kappa shape index (κ3) is 4.29. The lowest BCUT2D eigenvalue weighted by atomic mass is 10.2. The molecule has 0 saturated carbocycles. The largest absolute Gasteiger partial charge is 0.451 e. The second-order valence-electron chi connectivity index (χ2n) is 5.31. The molecule has 27 heavy (non-hydrogen) atoms. The van der Waals surface area contributed by atoms with Crippen LogP contribution in [0.15, 0.2) is 46.9 Å². The topological polar surface area (TPSA) is 98.5 Å². The number of ether oxygens (including phenoxy) is 1. The minimum atomic E-state index is -0.742. The van der Waals surface area contributed by atoms with E-state index in [0.717, 1.165) is 11.3 Å². The summed E-state index contributed by atoms with van der Waals surface area (Å²) in [6.07, 6.45) is 0. The number of nitro benzene ring substituents is 1. The molecule has 0 aliphatic heterocycles. The molecule has 3 rings (SSSR count). The molecule has 7 nitrogen and oxygen atoms in total. The van der Waals surface area contributed by atoms with Crippen LogP contribution in [0.2, 0.25) is 0 Å². The van der Waals surface area contributed by atoms with Gasteiger partial charge in [0, 0.05) is 26.7 Å². The van der Waals surface area contributed by atoms with Crippen molar-refractivity contribution in [1.29, 1.82) is 0 Å². The van der Waals surface area contributed by atoms with Crippen LogP contribution in [-0.2, 0) is 9.53 Å². The summed E-state index contributed by atoms with van der Waals surface area (Å²) in [7, 11) is 0. The standard InChI is InChI=1S/C17H10BrFN2O5S/c18-11-6-9(21(24)25)4-5-13(11)20-16(22)8-26-17(23)15-7-10-12(19)2-1-3-14(10)27-15/h1-7H,8H2,(H,20,22). The first-order valence-electron chi connectivity index (χ1n) is 7.44. The van der Waals surface area contributed by atoms with Gasteiger partial charge in [0.05, 0.1) is 10.6 Å². The molecule has 0 aliphatic rings. The molecule has 1 heterocycles. The normalized spacial score (nSPS) is 10.6. The van der Waals surface area contributed by atoms with Crippen LogP contribution >= 0.6 is 27.3 Å². The lowest BCUT2D eigenvalue weighted by Crippen LogP contribution is -2.20. The molecule has 1 amide bonds. The lowest BCUT2D eigenvalue weighted by Gasteiger charge is -2.07. The van der Waals surface area contributed by atoms with Gasteiger partial charge in [0.15, 0.2) is 6.61 Å². The lowest BCUT2D eigenvalue weighted by molar-refractivity contribution is -0.384. The van der Waals surface area contributed by atoms with Crippen LogP contribution in [-0.4, -0.2) is 23.4 Å². The number of amides is 1. The van der Waals surface area contributed by atoms with Crippen LogP contribution in [0.4, 0.5) is 15.8 Å². The van der Waals surface area contributed by atoms with E-state index in [4.69, 9.17) is 4.74 Å². The summed E-state index contributed by atoms with van der Waals surface area (Å²) in [5.74, 6) is -1.80. The number of carbonyl (C=O) groups excluding carboxylic acids is 2. The molecular weight excluding hydrogens is 443 g/mol. The number of nitrogens with zero attached hydrogens (tertiary/aromatic N) is 1. The van der Waals surface area contributed by atoms with E-state index < -0.39 is 29.2 Å². The molecule has 1 N–H and O–H groups in total. The van der Waals surface area contributed by atoms with Crippen molar-refractivity contribution in [3.05, 3.63) is 67.7 Å². The number of nitrogens with one attached hydrogen (secondary N) is 1. The highest BCUT2D eigenvalue weighted by atomic mass is 79.9. The van der Waals surface area contributed by atoms with Crippen LogP contribution in [0.25, 0.3) is 10.1 Å². The highest BCUT2D eigenvalue weighted by Gasteiger charge is 2.16. The Morgan fingerprint density at radius 2 is 2.04 bits per heavy atom. The molecule has 0 saturated heterocycles. The average molecular weight is 453 g/mol. The molecule has 1 aromatic heterocycles. The summed E-state index contributed by atoms with van der Waals surface area (Å²) >= 11 is 4.19. The maximum Gasteiger partial charge on any atom is 0.348 e. The number of carbonyl (C=O) groups is 2. The third-order valence-corrected chi connectivity index (χ3v) is 5.22. The number of hydrogen-bond acceptors (Lipinski definition) is 6. The van der Waals surface area contributed by atoms with Gasteiger partial charge in [-0.2, -0.15) is 0 Å². The smallest absolute Gasteiger partial charge is 0.348 e. The van der Waals surface area contributed by atoms with Crippen LogP contribution in [0.5, 0.6) is 0 Å². The predicted molar refractivity (Wildman–Crippen MR) is 101 cm³/mol. The van der Waals surface area contributed by atoms with Crippen molar-refractivity contribution in [3.8, 4) is 0 Å². The fraction of sp³-hybridized carbons (Fsp3) is 0.0588. The zero-order valence-electron chi connectivity index (χ0n) is 13.4. The van der Waals surface area contributed by atoms with Gasteiger partial charge in [0.2, 0.25) is 0 Å². The zero-order chi connectivity index (χ0) is 19.6. The van der Waals surface area contributed by atoms with E-state index in [1.807, 2.05) is 0 Å². The number of thiophene rings is 1. The molecule has 0 spiro atoms. The molecule has 2 aromatic carbocycles. The maximum atomic E-state index is 13.7.